The first-order valence-corrected chi connectivity index (χ1v) is 8.98. The number of nitrogens with zero attached hydrogens (tertiary/aromatic N) is 2. The molecule has 124 valence electrons. The van der Waals surface area contributed by atoms with E-state index in [-0.39, 0.29) is 0 Å². The molecule has 4 rings (SSSR count). The molecule has 24 heavy (non-hydrogen) atoms. The molecule has 3 aromatic rings. The summed E-state index contributed by atoms with van der Waals surface area (Å²) in [6.45, 7) is 1.98. The van der Waals surface area contributed by atoms with Crippen LogP contribution in [0.1, 0.15) is 37.8 Å². The summed E-state index contributed by atoms with van der Waals surface area (Å²) >= 11 is 0. The fourth-order valence-corrected chi connectivity index (χ4v) is 3.61. The predicted molar refractivity (Wildman–Crippen MR) is 97.6 cm³/mol. The summed E-state index contributed by atoms with van der Waals surface area (Å²) < 4.78 is 0. The molecule has 1 fully saturated rings. The molecule has 0 bridgehead atoms. The third-order valence-electron chi connectivity index (χ3n) is 5.04. The third kappa shape index (κ3) is 3.49. The molecule has 4 heteroatoms. The van der Waals surface area contributed by atoms with Crippen molar-refractivity contribution in [2.45, 2.75) is 38.6 Å². The van der Waals surface area contributed by atoms with Gasteiger partial charge in [-0.15, -0.1) is 0 Å². The van der Waals surface area contributed by atoms with Gasteiger partial charge in [0.25, 0.3) is 0 Å². The molecule has 0 amide bonds. The molecule has 2 aromatic heterocycles. The lowest BCUT2D eigenvalue weighted by Crippen LogP contribution is -2.24. The standard InChI is InChI=1S/C20H24N4/c1-2-4-15(5-3-1)11-21-13-18-8-6-17(12-22-18)16-7-9-19-20(10-16)24-14-23-19/h6-10,12,14-15,21H,1-5,11,13H2,(H,23,24). The van der Waals surface area contributed by atoms with Crippen LogP contribution in [0.15, 0.2) is 42.9 Å². The number of nitrogens with one attached hydrogen (secondary N) is 2. The van der Waals surface area contributed by atoms with Crippen molar-refractivity contribution < 1.29 is 0 Å². The number of benzene rings is 1. The van der Waals surface area contributed by atoms with Gasteiger partial charge >= 0.3 is 0 Å². The van der Waals surface area contributed by atoms with Crippen molar-refractivity contribution in [2.75, 3.05) is 6.54 Å². The molecule has 1 saturated carbocycles. The van der Waals surface area contributed by atoms with Crippen LogP contribution in [0.4, 0.5) is 0 Å². The number of H-pyrrole nitrogens is 1. The van der Waals surface area contributed by atoms with Crippen molar-refractivity contribution in [2.24, 2.45) is 5.92 Å². The highest BCUT2D eigenvalue weighted by molar-refractivity contribution is 5.81. The van der Waals surface area contributed by atoms with Crippen LogP contribution in [0.2, 0.25) is 0 Å². The van der Waals surface area contributed by atoms with Gasteiger partial charge in [-0.3, -0.25) is 4.98 Å². The van der Waals surface area contributed by atoms with Crippen LogP contribution in [-0.4, -0.2) is 21.5 Å². The minimum absolute atomic E-state index is 0.858. The number of aromatic nitrogens is 3. The smallest absolute Gasteiger partial charge is 0.0931 e. The molecule has 0 saturated heterocycles. The summed E-state index contributed by atoms with van der Waals surface area (Å²) in [5.74, 6) is 0.860. The zero-order valence-electron chi connectivity index (χ0n) is 14.0. The van der Waals surface area contributed by atoms with Crippen molar-refractivity contribution >= 4 is 11.0 Å². The van der Waals surface area contributed by atoms with Crippen LogP contribution < -0.4 is 5.32 Å². The average Bonchev–Trinajstić information content (AvgIpc) is 3.11. The second-order valence-corrected chi connectivity index (χ2v) is 6.81. The molecule has 0 spiro atoms. The summed E-state index contributed by atoms with van der Waals surface area (Å²) in [5, 5.41) is 3.58. The van der Waals surface area contributed by atoms with E-state index in [2.05, 4.69) is 44.5 Å². The maximum atomic E-state index is 4.62. The molecule has 1 aromatic carbocycles. The minimum atomic E-state index is 0.858. The average molecular weight is 320 g/mol. The largest absolute Gasteiger partial charge is 0.345 e. The second-order valence-electron chi connectivity index (χ2n) is 6.81. The number of pyridine rings is 1. The number of hydrogen-bond donors (Lipinski definition) is 2. The van der Waals surface area contributed by atoms with Crippen LogP contribution in [0.3, 0.4) is 0 Å². The normalized spacial score (nSPS) is 15.8. The second kappa shape index (κ2) is 7.14. The Morgan fingerprint density at radius 3 is 2.71 bits per heavy atom. The molecule has 0 aliphatic heterocycles. The van der Waals surface area contributed by atoms with Gasteiger partial charge in [-0.25, -0.2) is 4.98 Å². The number of aromatic amines is 1. The molecule has 2 N–H and O–H groups in total. The monoisotopic (exact) mass is 320 g/mol. The van der Waals surface area contributed by atoms with E-state index in [0.717, 1.165) is 41.3 Å². The Kier molecular flexibility index (Phi) is 4.56. The Balaban J connectivity index is 1.37. The number of imidazole rings is 1. The highest BCUT2D eigenvalue weighted by atomic mass is 14.9. The number of hydrogen-bond acceptors (Lipinski definition) is 3. The van der Waals surface area contributed by atoms with Crippen LogP contribution in [0.5, 0.6) is 0 Å². The first-order valence-electron chi connectivity index (χ1n) is 8.98. The highest BCUT2D eigenvalue weighted by Gasteiger charge is 2.12. The van der Waals surface area contributed by atoms with E-state index >= 15 is 0 Å². The van der Waals surface area contributed by atoms with Gasteiger partial charge < -0.3 is 10.3 Å². The van der Waals surface area contributed by atoms with Crippen molar-refractivity contribution in [3.8, 4) is 11.1 Å². The van der Waals surface area contributed by atoms with E-state index in [0.29, 0.717) is 0 Å². The Morgan fingerprint density at radius 1 is 1.00 bits per heavy atom. The molecular weight excluding hydrogens is 296 g/mol. The van der Waals surface area contributed by atoms with Crippen molar-refractivity contribution in [1.82, 2.24) is 20.3 Å². The fourth-order valence-electron chi connectivity index (χ4n) is 3.61. The lowest BCUT2D eigenvalue weighted by atomic mass is 9.89. The quantitative estimate of drug-likeness (QED) is 0.737. The fraction of sp³-hybridized carbons (Fsp3) is 0.400. The van der Waals surface area contributed by atoms with Gasteiger partial charge in [-0.05, 0) is 49.1 Å². The maximum absolute atomic E-state index is 4.62. The SMILES string of the molecule is c1nc2ccc(-c3ccc(CNCC4CCCCC4)nc3)cc2[nH]1. The first-order chi connectivity index (χ1) is 11.9. The summed E-state index contributed by atoms with van der Waals surface area (Å²) in [4.78, 5) is 12.0. The van der Waals surface area contributed by atoms with Gasteiger partial charge in [0, 0.05) is 18.3 Å². The van der Waals surface area contributed by atoms with Crippen LogP contribution in [-0.2, 0) is 6.54 Å². The molecule has 0 radical (unpaired) electrons. The van der Waals surface area contributed by atoms with Gasteiger partial charge in [-0.2, -0.15) is 0 Å². The van der Waals surface area contributed by atoms with E-state index in [9.17, 15) is 0 Å². The van der Waals surface area contributed by atoms with Gasteiger partial charge in [0.05, 0.1) is 23.1 Å². The first kappa shape index (κ1) is 15.3. The van der Waals surface area contributed by atoms with E-state index in [1.54, 1.807) is 6.33 Å². The third-order valence-corrected chi connectivity index (χ3v) is 5.04. The van der Waals surface area contributed by atoms with E-state index in [1.165, 1.54) is 37.7 Å². The Bertz CT molecular complexity index is 785. The van der Waals surface area contributed by atoms with Crippen molar-refractivity contribution in [3.63, 3.8) is 0 Å². The highest BCUT2D eigenvalue weighted by Crippen LogP contribution is 2.23. The van der Waals surface area contributed by atoms with Crippen molar-refractivity contribution in [1.29, 1.82) is 0 Å². The van der Waals surface area contributed by atoms with Crippen LogP contribution >= 0.6 is 0 Å². The summed E-state index contributed by atoms with van der Waals surface area (Å²) in [5.41, 5.74) is 5.47. The predicted octanol–water partition coefficient (Wildman–Crippen LogP) is 4.29. The summed E-state index contributed by atoms with van der Waals surface area (Å²) in [6.07, 6.45) is 10.7. The molecule has 2 heterocycles. The lowest BCUT2D eigenvalue weighted by molar-refractivity contribution is 0.341. The lowest BCUT2D eigenvalue weighted by Gasteiger charge is -2.21. The Labute approximate surface area is 142 Å². The van der Waals surface area contributed by atoms with E-state index in [4.69, 9.17) is 0 Å². The van der Waals surface area contributed by atoms with Gasteiger partial charge in [-0.1, -0.05) is 31.4 Å². The minimum Gasteiger partial charge on any atom is -0.345 e. The molecule has 0 unspecified atom stereocenters. The zero-order chi connectivity index (χ0) is 16.2. The van der Waals surface area contributed by atoms with E-state index < -0.39 is 0 Å². The summed E-state index contributed by atoms with van der Waals surface area (Å²) in [7, 11) is 0. The Morgan fingerprint density at radius 2 is 1.88 bits per heavy atom. The topological polar surface area (TPSA) is 53.6 Å². The molecule has 1 aliphatic carbocycles. The Hall–Kier alpha value is -2.20. The van der Waals surface area contributed by atoms with Crippen LogP contribution in [0, 0.1) is 5.92 Å². The molecule has 0 atom stereocenters. The maximum Gasteiger partial charge on any atom is 0.0931 e. The van der Waals surface area contributed by atoms with Gasteiger partial charge in [0.1, 0.15) is 0 Å². The van der Waals surface area contributed by atoms with Gasteiger partial charge in [0.15, 0.2) is 0 Å². The van der Waals surface area contributed by atoms with Crippen molar-refractivity contribution in [3.05, 3.63) is 48.5 Å². The molecule has 4 nitrogen and oxygen atoms in total. The van der Waals surface area contributed by atoms with Gasteiger partial charge in [0.2, 0.25) is 0 Å². The zero-order valence-corrected chi connectivity index (χ0v) is 14.0. The molecular formula is C20H24N4. The number of rotatable bonds is 5. The summed E-state index contributed by atoms with van der Waals surface area (Å²) in [6, 6.07) is 10.5. The molecule has 1 aliphatic rings. The van der Waals surface area contributed by atoms with Crippen LogP contribution in [0.25, 0.3) is 22.2 Å². The number of fused-ring (bicyclic) bond motifs is 1. The van der Waals surface area contributed by atoms with E-state index in [1.807, 2.05) is 12.3 Å².